The molecule has 0 aliphatic carbocycles. The summed E-state index contributed by atoms with van der Waals surface area (Å²) in [6.45, 7) is 0. The van der Waals surface area contributed by atoms with Crippen molar-refractivity contribution in [1.82, 2.24) is 10.3 Å². The van der Waals surface area contributed by atoms with Crippen molar-refractivity contribution in [3.05, 3.63) is 40.6 Å². The zero-order valence-corrected chi connectivity index (χ0v) is 9.71. The Morgan fingerprint density at radius 3 is 2.87 bits per heavy atom. The number of nitrogens with one attached hydrogen (secondary N) is 1. The SMILES string of the molecule is CNC(=O)c1cc2ccc(Br)cc2cn1. The van der Waals surface area contributed by atoms with Crippen LogP contribution in [-0.2, 0) is 0 Å². The Morgan fingerprint density at radius 2 is 2.13 bits per heavy atom. The normalized spacial score (nSPS) is 10.3. The quantitative estimate of drug-likeness (QED) is 0.860. The third kappa shape index (κ3) is 1.99. The Morgan fingerprint density at radius 1 is 1.33 bits per heavy atom. The van der Waals surface area contributed by atoms with Crippen LogP contribution in [0.1, 0.15) is 10.5 Å². The lowest BCUT2D eigenvalue weighted by molar-refractivity contribution is 0.0958. The molecule has 15 heavy (non-hydrogen) atoms. The third-order valence-corrected chi connectivity index (χ3v) is 2.64. The van der Waals surface area contributed by atoms with E-state index < -0.39 is 0 Å². The molecule has 0 aliphatic rings. The van der Waals surface area contributed by atoms with E-state index in [9.17, 15) is 4.79 Å². The van der Waals surface area contributed by atoms with Crippen LogP contribution in [-0.4, -0.2) is 17.9 Å². The number of carbonyl (C=O) groups excluding carboxylic acids is 1. The summed E-state index contributed by atoms with van der Waals surface area (Å²) in [5.74, 6) is -0.167. The number of rotatable bonds is 1. The summed E-state index contributed by atoms with van der Waals surface area (Å²) in [5.41, 5.74) is 0.437. The molecular formula is C11H9BrN2O. The van der Waals surface area contributed by atoms with Crippen LogP contribution in [0.15, 0.2) is 34.9 Å². The summed E-state index contributed by atoms with van der Waals surface area (Å²) in [6.07, 6.45) is 1.70. The van der Waals surface area contributed by atoms with Crippen molar-refractivity contribution in [1.29, 1.82) is 0 Å². The molecular weight excluding hydrogens is 256 g/mol. The van der Waals surface area contributed by atoms with Crippen LogP contribution in [0.25, 0.3) is 10.8 Å². The molecule has 1 amide bonds. The summed E-state index contributed by atoms with van der Waals surface area (Å²) in [6, 6.07) is 7.64. The predicted octanol–water partition coefficient (Wildman–Crippen LogP) is 2.36. The van der Waals surface area contributed by atoms with Crippen LogP contribution in [0.5, 0.6) is 0 Å². The fraction of sp³-hybridized carbons (Fsp3) is 0.0909. The summed E-state index contributed by atoms with van der Waals surface area (Å²) < 4.78 is 1.00. The molecule has 2 aromatic rings. The molecule has 3 nitrogen and oxygen atoms in total. The van der Waals surface area contributed by atoms with Crippen molar-refractivity contribution in [2.75, 3.05) is 7.05 Å². The molecule has 0 saturated heterocycles. The van der Waals surface area contributed by atoms with Gasteiger partial charge < -0.3 is 5.32 Å². The summed E-state index contributed by atoms with van der Waals surface area (Å²) in [5, 5.41) is 4.56. The lowest BCUT2D eigenvalue weighted by Gasteiger charge is -2.01. The minimum Gasteiger partial charge on any atom is -0.354 e. The number of nitrogens with zero attached hydrogens (tertiary/aromatic N) is 1. The van der Waals surface area contributed by atoms with Crippen molar-refractivity contribution in [3.63, 3.8) is 0 Å². The van der Waals surface area contributed by atoms with Crippen LogP contribution >= 0.6 is 15.9 Å². The second-order valence-electron chi connectivity index (χ2n) is 3.14. The van der Waals surface area contributed by atoms with Gasteiger partial charge in [-0.05, 0) is 23.6 Å². The number of amides is 1. The van der Waals surface area contributed by atoms with E-state index in [2.05, 4.69) is 26.2 Å². The minimum absolute atomic E-state index is 0.167. The Labute approximate surface area is 95.6 Å². The second kappa shape index (κ2) is 3.98. The van der Waals surface area contributed by atoms with Gasteiger partial charge in [-0.25, -0.2) is 0 Å². The molecule has 2 rings (SSSR count). The monoisotopic (exact) mass is 264 g/mol. The molecule has 0 unspecified atom stereocenters. The van der Waals surface area contributed by atoms with Crippen LogP contribution in [0.3, 0.4) is 0 Å². The molecule has 0 spiro atoms. The van der Waals surface area contributed by atoms with Gasteiger partial charge in [-0.15, -0.1) is 0 Å². The first-order valence-corrected chi connectivity index (χ1v) is 5.27. The van der Waals surface area contributed by atoms with Gasteiger partial charge in [0.25, 0.3) is 5.91 Å². The maximum Gasteiger partial charge on any atom is 0.269 e. The van der Waals surface area contributed by atoms with Crippen LogP contribution < -0.4 is 5.32 Å². The number of aromatic nitrogens is 1. The van der Waals surface area contributed by atoms with Crippen molar-refractivity contribution in [2.24, 2.45) is 0 Å². The average Bonchev–Trinajstić information content (AvgIpc) is 2.27. The van der Waals surface area contributed by atoms with Crippen molar-refractivity contribution < 1.29 is 4.79 Å². The Hall–Kier alpha value is -1.42. The molecule has 1 aromatic carbocycles. The largest absolute Gasteiger partial charge is 0.354 e. The van der Waals surface area contributed by atoms with Gasteiger partial charge in [0.15, 0.2) is 0 Å². The maximum absolute atomic E-state index is 11.3. The van der Waals surface area contributed by atoms with Crippen molar-refractivity contribution >= 4 is 32.6 Å². The van der Waals surface area contributed by atoms with E-state index in [0.717, 1.165) is 15.2 Å². The summed E-state index contributed by atoms with van der Waals surface area (Å²) in [4.78, 5) is 15.4. The number of hydrogen-bond donors (Lipinski definition) is 1. The molecule has 0 aliphatic heterocycles. The number of fused-ring (bicyclic) bond motifs is 1. The summed E-state index contributed by atoms with van der Waals surface area (Å²) >= 11 is 3.39. The molecule has 1 N–H and O–H groups in total. The van der Waals surface area contributed by atoms with E-state index in [1.165, 1.54) is 0 Å². The highest BCUT2D eigenvalue weighted by molar-refractivity contribution is 9.10. The molecule has 1 heterocycles. The van der Waals surface area contributed by atoms with E-state index in [1.807, 2.05) is 18.2 Å². The lowest BCUT2D eigenvalue weighted by atomic mass is 10.1. The minimum atomic E-state index is -0.167. The Kier molecular flexibility index (Phi) is 2.68. The predicted molar refractivity (Wildman–Crippen MR) is 62.8 cm³/mol. The van der Waals surface area contributed by atoms with E-state index in [0.29, 0.717) is 5.69 Å². The first-order chi connectivity index (χ1) is 7.20. The average molecular weight is 265 g/mol. The van der Waals surface area contributed by atoms with Crippen molar-refractivity contribution in [3.8, 4) is 0 Å². The lowest BCUT2D eigenvalue weighted by Crippen LogP contribution is -2.18. The molecule has 0 bridgehead atoms. The Bertz CT molecular complexity index is 525. The van der Waals surface area contributed by atoms with Crippen molar-refractivity contribution in [2.45, 2.75) is 0 Å². The van der Waals surface area contributed by atoms with Gasteiger partial charge in [0.2, 0.25) is 0 Å². The van der Waals surface area contributed by atoms with E-state index in [-0.39, 0.29) is 5.91 Å². The highest BCUT2D eigenvalue weighted by Gasteiger charge is 2.05. The molecule has 1 aromatic heterocycles. The van der Waals surface area contributed by atoms with Crippen LogP contribution in [0.4, 0.5) is 0 Å². The van der Waals surface area contributed by atoms with Crippen LogP contribution in [0.2, 0.25) is 0 Å². The molecule has 0 atom stereocenters. The molecule has 76 valence electrons. The van der Waals surface area contributed by atoms with Crippen LogP contribution in [0, 0.1) is 0 Å². The smallest absolute Gasteiger partial charge is 0.269 e. The van der Waals surface area contributed by atoms with Gasteiger partial charge in [-0.3, -0.25) is 9.78 Å². The van der Waals surface area contributed by atoms with E-state index in [4.69, 9.17) is 0 Å². The standard InChI is InChI=1S/C11H9BrN2O/c1-13-11(15)10-5-7-2-3-9(12)4-8(7)6-14-10/h2-6H,1H3,(H,13,15). The van der Waals surface area contributed by atoms with E-state index >= 15 is 0 Å². The van der Waals surface area contributed by atoms with Gasteiger partial charge in [0.1, 0.15) is 5.69 Å². The number of benzene rings is 1. The van der Waals surface area contributed by atoms with Gasteiger partial charge in [-0.1, -0.05) is 22.0 Å². The molecule has 0 radical (unpaired) electrons. The first kappa shape index (κ1) is 10.1. The first-order valence-electron chi connectivity index (χ1n) is 4.48. The highest BCUT2D eigenvalue weighted by Crippen LogP contribution is 2.19. The zero-order chi connectivity index (χ0) is 10.8. The Balaban J connectivity index is 2.57. The fourth-order valence-corrected chi connectivity index (χ4v) is 1.74. The van der Waals surface area contributed by atoms with E-state index in [1.54, 1.807) is 19.3 Å². The van der Waals surface area contributed by atoms with Gasteiger partial charge in [-0.2, -0.15) is 0 Å². The number of halogens is 1. The number of carbonyl (C=O) groups is 1. The fourth-order valence-electron chi connectivity index (χ4n) is 1.36. The zero-order valence-electron chi connectivity index (χ0n) is 8.12. The second-order valence-corrected chi connectivity index (χ2v) is 4.06. The van der Waals surface area contributed by atoms with Gasteiger partial charge in [0.05, 0.1) is 0 Å². The number of hydrogen-bond acceptors (Lipinski definition) is 2. The van der Waals surface area contributed by atoms with Gasteiger partial charge in [0, 0.05) is 23.1 Å². The highest BCUT2D eigenvalue weighted by atomic mass is 79.9. The number of pyridine rings is 1. The van der Waals surface area contributed by atoms with Gasteiger partial charge >= 0.3 is 0 Å². The molecule has 0 saturated carbocycles. The maximum atomic E-state index is 11.3. The topological polar surface area (TPSA) is 42.0 Å². The molecule has 4 heteroatoms. The third-order valence-electron chi connectivity index (χ3n) is 2.14. The summed E-state index contributed by atoms with van der Waals surface area (Å²) in [7, 11) is 1.59. The molecule has 0 fully saturated rings.